The Labute approximate surface area is 159 Å². The lowest BCUT2D eigenvalue weighted by Gasteiger charge is -2.23. The van der Waals surface area contributed by atoms with Crippen molar-refractivity contribution >= 4 is 37.3 Å². The Hall–Kier alpha value is -2.43. The summed E-state index contributed by atoms with van der Waals surface area (Å²) < 4.78 is 48.5. The van der Waals surface area contributed by atoms with Crippen molar-refractivity contribution in [2.45, 2.75) is 18.7 Å². The number of carbonyl (C=O) groups is 1. The summed E-state index contributed by atoms with van der Waals surface area (Å²) in [5.41, 5.74) is 1.73. The molecule has 0 radical (unpaired) electrons. The van der Waals surface area contributed by atoms with Crippen molar-refractivity contribution in [2.75, 3.05) is 22.4 Å². The Morgan fingerprint density at radius 1 is 1.04 bits per heavy atom. The van der Waals surface area contributed by atoms with Crippen LogP contribution < -0.4 is 14.8 Å². The van der Waals surface area contributed by atoms with E-state index in [1.54, 1.807) is 38.1 Å². The molecule has 146 valence electrons. The van der Waals surface area contributed by atoms with Crippen molar-refractivity contribution in [3.63, 3.8) is 0 Å². The van der Waals surface area contributed by atoms with Crippen LogP contribution in [0.4, 0.5) is 11.4 Å². The molecule has 1 amide bonds. The van der Waals surface area contributed by atoms with Crippen LogP contribution in [0.1, 0.15) is 11.1 Å². The van der Waals surface area contributed by atoms with Crippen LogP contribution in [-0.2, 0) is 24.8 Å². The highest BCUT2D eigenvalue weighted by Crippen LogP contribution is 2.23. The SMILES string of the molecule is Cc1ccccc1N(CC(=O)Nc1ccc(C)c(S(N)(=O)=O)c1)S(C)(=O)=O. The number of rotatable bonds is 6. The number of benzene rings is 2. The van der Waals surface area contributed by atoms with Crippen LogP contribution in [-0.4, -0.2) is 35.5 Å². The second kappa shape index (κ2) is 7.67. The number of nitrogens with one attached hydrogen (secondary N) is 1. The lowest BCUT2D eigenvalue weighted by Crippen LogP contribution is -2.37. The number of nitrogens with zero attached hydrogens (tertiary/aromatic N) is 1. The molecule has 0 aliphatic carbocycles. The zero-order chi connectivity index (χ0) is 20.4. The molecule has 8 nitrogen and oxygen atoms in total. The van der Waals surface area contributed by atoms with Gasteiger partial charge in [-0.2, -0.15) is 0 Å². The molecule has 2 aromatic rings. The van der Waals surface area contributed by atoms with Gasteiger partial charge in [0.05, 0.1) is 16.8 Å². The van der Waals surface area contributed by atoms with E-state index in [-0.39, 0.29) is 10.6 Å². The molecule has 0 heterocycles. The largest absolute Gasteiger partial charge is 0.324 e. The summed E-state index contributed by atoms with van der Waals surface area (Å²) in [5, 5.41) is 7.67. The minimum absolute atomic E-state index is 0.112. The van der Waals surface area contributed by atoms with E-state index in [2.05, 4.69) is 5.32 Å². The van der Waals surface area contributed by atoms with E-state index in [0.717, 1.165) is 10.6 Å². The third-order valence-electron chi connectivity index (χ3n) is 3.85. The molecule has 0 aliphatic heterocycles. The molecule has 0 spiro atoms. The third-order valence-corrected chi connectivity index (χ3v) is 6.03. The molecule has 3 N–H and O–H groups in total. The number of hydrogen-bond donors (Lipinski definition) is 2. The van der Waals surface area contributed by atoms with Gasteiger partial charge < -0.3 is 5.32 Å². The van der Waals surface area contributed by atoms with E-state index in [1.807, 2.05) is 0 Å². The summed E-state index contributed by atoms with van der Waals surface area (Å²) >= 11 is 0. The van der Waals surface area contributed by atoms with Crippen LogP contribution in [0.3, 0.4) is 0 Å². The van der Waals surface area contributed by atoms with E-state index in [1.165, 1.54) is 18.2 Å². The topological polar surface area (TPSA) is 127 Å². The van der Waals surface area contributed by atoms with Gasteiger partial charge in [-0.25, -0.2) is 22.0 Å². The predicted molar refractivity (Wildman–Crippen MR) is 105 cm³/mol. The Balaban J connectivity index is 2.29. The Kier molecular flexibility index (Phi) is 5.93. The zero-order valence-corrected chi connectivity index (χ0v) is 16.8. The highest BCUT2D eigenvalue weighted by molar-refractivity contribution is 7.92. The van der Waals surface area contributed by atoms with Crippen LogP contribution in [0.2, 0.25) is 0 Å². The molecule has 0 fully saturated rings. The third kappa shape index (κ3) is 5.28. The van der Waals surface area contributed by atoms with Gasteiger partial charge in [0.1, 0.15) is 6.54 Å². The van der Waals surface area contributed by atoms with Crippen LogP contribution >= 0.6 is 0 Å². The van der Waals surface area contributed by atoms with Crippen LogP contribution in [0.15, 0.2) is 47.4 Å². The van der Waals surface area contributed by atoms with E-state index >= 15 is 0 Å². The molecule has 0 aromatic heterocycles. The minimum Gasteiger partial charge on any atom is -0.324 e. The molecule has 2 aromatic carbocycles. The lowest BCUT2D eigenvalue weighted by molar-refractivity contribution is -0.114. The number of aryl methyl sites for hydroxylation is 2. The highest BCUT2D eigenvalue weighted by Gasteiger charge is 2.22. The van der Waals surface area contributed by atoms with E-state index in [9.17, 15) is 21.6 Å². The van der Waals surface area contributed by atoms with E-state index in [0.29, 0.717) is 16.8 Å². The van der Waals surface area contributed by atoms with Crippen LogP contribution in [0, 0.1) is 13.8 Å². The van der Waals surface area contributed by atoms with Crippen LogP contribution in [0.25, 0.3) is 0 Å². The lowest BCUT2D eigenvalue weighted by atomic mass is 10.2. The monoisotopic (exact) mass is 411 g/mol. The maximum Gasteiger partial charge on any atom is 0.245 e. The van der Waals surface area contributed by atoms with Gasteiger partial charge in [-0.3, -0.25) is 9.10 Å². The van der Waals surface area contributed by atoms with Gasteiger partial charge in [-0.15, -0.1) is 0 Å². The zero-order valence-electron chi connectivity index (χ0n) is 15.1. The first-order valence-electron chi connectivity index (χ1n) is 7.86. The van der Waals surface area contributed by atoms with Crippen molar-refractivity contribution in [3.05, 3.63) is 53.6 Å². The summed E-state index contributed by atoms with van der Waals surface area (Å²) in [4.78, 5) is 12.3. The Morgan fingerprint density at radius 2 is 1.67 bits per heavy atom. The van der Waals surface area contributed by atoms with Crippen molar-refractivity contribution in [3.8, 4) is 0 Å². The van der Waals surface area contributed by atoms with Gasteiger partial charge in [0, 0.05) is 5.69 Å². The number of anilines is 2. The van der Waals surface area contributed by atoms with Gasteiger partial charge in [-0.05, 0) is 43.2 Å². The number of hydrogen-bond acceptors (Lipinski definition) is 5. The molecule has 0 saturated carbocycles. The van der Waals surface area contributed by atoms with Crippen molar-refractivity contribution in [1.29, 1.82) is 0 Å². The first kappa shape index (κ1) is 20.9. The minimum atomic E-state index is -3.94. The number of amides is 1. The van der Waals surface area contributed by atoms with Crippen molar-refractivity contribution < 1.29 is 21.6 Å². The second-order valence-electron chi connectivity index (χ2n) is 6.13. The number of para-hydroxylation sites is 1. The maximum absolute atomic E-state index is 12.4. The first-order valence-corrected chi connectivity index (χ1v) is 11.3. The molecule has 2 rings (SSSR count). The van der Waals surface area contributed by atoms with Gasteiger partial charge >= 0.3 is 0 Å². The fourth-order valence-electron chi connectivity index (χ4n) is 2.54. The number of sulfonamides is 2. The molecular formula is C17H21N3O5S2. The molecule has 0 bridgehead atoms. The molecule has 10 heteroatoms. The van der Waals surface area contributed by atoms with Crippen molar-refractivity contribution in [1.82, 2.24) is 0 Å². The average Bonchev–Trinajstić information content (AvgIpc) is 2.53. The molecule has 0 saturated heterocycles. The molecule has 0 unspecified atom stereocenters. The smallest absolute Gasteiger partial charge is 0.245 e. The average molecular weight is 412 g/mol. The first-order chi connectivity index (χ1) is 12.4. The normalized spacial score (nSPS) is 11.9. The summed E-state index contributed by atoms with van der Waals surface area (Å²) in [6.07, 6.45) is 1.01. The summed E-state index contributed by atoms with van der Waals surface area (Å²) in [6, 6.07) is 11.0. The predicted octanol–water partition coefficient (Wildman–Crippen LogP) is 1.36. The highest BCUT2D eigenvalue weighted by atomic mass is 32.2. The Morgan fingerprint density at radius 3 is 2.22 bits per heavy atom. The summed E-state index contributed by atoms with van der Waals surface area (Å²) in [6.45, 7) is 2.86. The maximum atomic E-state index is 12.4. The number of nitrogens with two attached hydrogens (primary N) is 1. The fraction of sp³-hybridized carbons (Fsp3) is 0.235. The second-order valence-corrected chi connectivity index (χ2v) is 9.57. The van der Waals surface area contributed by atoms with Gasteiger partial charge in [0.2, 0.25) is 26.0 Å². The van der Waals surface area contributed by atoms with Crippen molar-refractivity contribution in [2.24, 2.45) is 5.14 Å². The molecular weight excluding hydrogens is 390 g/mol. The number of primary sulfonamides is 1. The quantitative estimate of drug-likeness (QED) is 0.742. The van der Waals surface area contributed by atoms with Crippen LogP contribution in [0.5, 0.6) is 0 Å². The Bertz CT molecular complexity index is 1080. The van der Waals surface area contributed by atoms with E-state index in [4.69, 9.17) is 5.14 Å². The standard InChI is InChI=1S/C17H21N3O5S2/c1-12-6-4-5-7-15(12)20(26(3,22)23)11-17(21)19-14-9-8-13(2)16(10-14)27(18,24)25/h4-10H,11H2,1-3H3,(H,19,21)(H2,18,24,25). The molecule has 0 atom stereocenters. The summed E-state index contributed by atoms with van der Waals surface area (Å²) in [5.74, 6) is -0.618. The fourth-order valence-corrected chi connectivity index (χ4v) is 4.26. The number of carbonyl (C=O) groups excluding carboxylic acids is 1. The van der Waals surface area contributed by atoms with Gasteiger partial charge in [0.25, 0.3) is 0 Å². The molecule has 27 heavy (non-hydrogen) atoms. The van der Waals surface area contributed by atoms with Gasteiger partial charge in [-0.1, -0.05) is 24.3 Å². The van der Waals surface area contributed by atoms with E-state index < -0.39 is 32.5 Å². The molecule has 0 aliphatic rings. The summed E-state index contributed by atoms with van der Waals surface area (Å²) in [7, 11) is -7.65. The van der Waals surface area contributed by atoms with Gasteiger partial charge in [0.15, 0.2) is 0 Å².